The zero-order valence-corrected chi connectivity index (χ0v) is 25.8. The average molecular weight is 626 g/mol. The summed E-state index contributed by atoms with van der Waals surface area (Å²) in [5.74, 6) is -2.01. The summed E-state index contributed by atoms with van der Waals surface area (Å²) in [5.41, 5.74) is 0.977. The number of unbranched alkanes of at least 4 members (excludes halogenated alkanes) is 1. The number of halogens is 2. The van der Waals surface area contributed by atoms with E-state index in [1.165, 1.54) is 6.33 Å². The Morgan fingerprint density at radius 2 is 1.87 bits per heavy atom. The van der Waals surface area contributed by atoms with E-state index in [0.29, 0.717) is 36.7 Å². The standard InChI is InChI=1S/C30H37F2N9O4/c1-16(2)23-19(27-39-40-28(44-27)33-10-6-7-11-34-29(43)45-30(3,4)5)14-41-24(23)25(35-15-36-41)38-22-12-18(20(31)13-21(22)32)26(42)37-17-8-9-17/h12-17H,6-11H2,1-5H3,(H,33,40)(H,34,43)(H,37,42)(H,35,36,38). The van der Waals surface area contributed by atoms with Gasteiger partial charge < -0.3 is 30.4 Å². The Morgan fingerprint density at radius 1 is 1.11 bits per heavy atom. The number of alkyl carbamates (subject to hydrolysis) is 1. The molecular formula is C30H37F2N9O4. The summed E-state index contributed by atoms with van der Waals surface area (Å²) in [7, 11) is 0. The van der Waals surface area contributed by atoms with Crippen LogP contribution in [0.15, 0.2) is 29.1 Å². The van der Waals surface area contributed by atoms with Crippen LogP contribution < -0.4 is 21.3 Å². The number of nitrogens with zero attached hydrogens (tertiary/aromatic N) is 5. The molecule has 1 saturated carbocycles. The zero-order chi connectivity index (χ0) is 32.3. The van der Waals surface area contributed by atoms with Crippen molar-refractivity contribution in [1.29, 1.82) is 0 Å². The van der Waals surface area contributed by atoms with Crippen LogP contribution in [0.25, 0.3) is 17.0 Å². The van der Waals surface area contributed by atoms with Crippen LogP contribution in [0.4, 0.5) is 31.1 Å². The van der Waals surface area contributed by atoms with Gasteiger partial charge in [0.15, 0.2) is 5.82 Å². The molecule has 0 saturated heterocycles. The van der Waals surface area contributed by atoms with E-state index in [4.69, 9.17) is 9.15 Å². The van der Waals surface area contributed by atoms with Gasteiger partial charge in [0, 0.05) is 31.4 Å². The Bertz CT molecular complexity index is 1690. The number of fused-ring (bicyclic) bond motifs is 1. The summed E-state index contributed by atoms with van der Waals surface area (Å²) in [6.07, 6.45) is 5.67. The molecule has 13 nitrogen and oxygen atoms in total. The number of amides is 2. The fourth-order valence-electron chi connectivity index (χ4n) is 4.67. The predicted octanol–water partition coefficient (Wildman–Crippen LogP) is 5.53. The van der Waals surface area contributed by atoms with Gasteiger partial charge in [-0.15, -0.1) is 5.10 Å². The molecule has 15 heteroatoms. The number of ether oxygens (including phenoxy) is 1. The summed E-state index contributed by atoms with van der Waals surface area (Å²) in [6, 6.07) is 2.06. The van der Waals surface area contributed by atoms with Crippen LogP contribution in [0.3, 0.4) is 0 Å². The van der Waals surface area contributed by atoms with E-state index in [2.05, 4.69) is 41.5 Å². The number of rotatable bonds is 12. The molecule has 0 bridgehead atoms. The predicted molar refractivity (Wildman–Crippen MR) is 162 cm³/mol. The van der Waals surface area contributed by atoms with Gasteiger partial charge in [-0.25, -0.2) is 23.1 Å². The van der Waals surface area contributed by atoms with Gasteiger partial charge in [-0.2, -0.15) is 5.10 Å². The van der Waals surface area contributed by atoms with Crippen molar-refractivity contribution in [3.8, 4) is 11.5 Å². The summed E-state index contributed by atoms with van der Waals surface area (Å²) >= 11 is 0. The number of anilines is 3. The Labute approximate surface area is 258 Å². The van der Waals surface area contributed by atoms with Crippen molar-refractivity contribution in [2.24, 2.45) is 0 Å². The van der Waals surface area contributed by atoms with Crippen LogP contribution >= 0.6 is 0 Å². The molecule has 3 heterocycles. The maximum atomic E-state index is 14.9. The van der Waals surface area contributed by atoms with E-state index < -0.39 is 29.2 Å². The molecule has 1 aromatic carbocycles. The molecule has 45 heavy (non-hydrogen) atoms. The summed E-state index contributed by atoms with van der Waals surface area (Å²) in [6.45, 7) is 10.4. The van der Waals surface area contributed by atoms with Gasteiger partial charge in [-0.1, -0.05) is 18.9 Å². The minimum atomic E-state index is -0.949. The monoisotopic (exact) mass is 625 g/mol. The molecule has 3 aromatic heterocycles. The Morgan fingerprint density at radius 3 is 2.58 bits per heavy atom. The van der Waals surface area contributed by atoms with Crippen molar-refractivity contribution in [3.05, 3.63) is 47.4 Å². The van der Waals surface area contributed by atoms with E-state index in [0.717, 1.165) is 30.9 Å². The fourth-order valence-corrected chi connectivity index (χ4v) is 4.67. The first-order valence-electron chi connectivity index (χ1n) is 14.9. The molecule has 0 aliphatic heterocycles. The van der Waals surface area contributed by atoms with E-state index in [-0.39, 0.29) is 40.9 Å². The number of hydrogen-bond donors (Lipinski definition) is 4. The van der Waals surface area contributed by atoms with Crippen molar-refractivity contribution in [3.63, 3.8) is 0 Å². The molecule has 4 N–H and O–H groups in total. The Kier molecular flexibility index (Phi) is 9.16. The van der Waals surface area contributed by atoms with Crippen LogP contribution in [0.5, 0.6) is 0 Å². The first-order valence-corrected chi connectivity index (χ1v) is 14.9. The van der Waals surface area contributed by atoms with Crippen LogP contribution in [-0.2, 0) is 4.74 Å². The van der Waals surface area contributed by atoms with Gasteiger partial charge in [-0.3, -0.25) is 4.79 Å². The second-order valence-corrected chi connectivity index (χ2v) is 12.2. The maximum absolute atomic E-state index is 14.9. The van der Waals surface area contributed by atoms with Crippen LogP contribution in [0, 0.1) is 11.6 Å². The summed E-state index contributed by atoms with van der Waals surface area (Å²) in [5, 5.41) is 24.1. The van der Waals surface area contributed by atoms with Crippen molar-refractivity contribution < 1.29 is 27.5 Å². The maximum Gasteiger partial charge on any atom is 0.407 e. The molecular weight excluding hydrogens is 588 g/mol. The van der Waals surface area contributed by atoms with Crippen molar-refractivity contribution in [2.45, 2.75) is 77.9 Å². The number of carbonyl (C=O) groups excluding carboxylic acids is 2. The largest absolute Gasteiger partial charge is 0.444 e. The first kappa shape index (κ1) is 31.6. The molecule has 0 radical (unpaired) electrons. The highest BCUT2D eigenvalue weighted by Gasteiger charge is 2.27. The molecule has 0 atom stereocenters. The number of nitrogens with one attached hydrogen (secondary N) is 4. The molecule has 5 rings (SSSR count). The molecule has 0 spiro atoms. The SMILES string of the molecule is CC(C)c1c(-c2nnc(NCCCCNC(=O)OC(C)(C)C)o2)cn2ncnc(Nc3cc(C(=O)NC4CC4)c(F)cc3F)c12. The second kappa shape index (κ2) is 13.0. The van der Waals surface area contributed by atoms with Crippen molar-refractivity contribution in [1.82, 2.24) is 35.4 Å². The average Bonchev–Trinajstić information content (AvgIpc) is 3.48. The highest BCUT2D eigenvalue weighted by molar-refractivity contribution is 5.96. The topological polar surface area (TPSA) is 161 Å². The molecule has 4 aromatic rings. The van der Waals surface area contributed by atoms with Gasteiger partial charge in [-0.05, 0) is 64.0 Å². The lowest BCUT2D eigenvalue weighted by molar-refractivity contribution is 0.0527. The van der Waals surface area contributed by atoms with E-state index in [1.54, 1.807) is 10.7 Å². The van der Waals surface area contributed by atoms with Crippen molar-refractivity contribution in [2.75, 3.05) is 23.7 Å². The van der Waals surface area contributed by atoms with E-state index in [1.807, 2.05) is 34.6 Å². The highest BCUT2D eigenvalue weighted by Crippen LogP contribution is 2.37. The van der Waals surface area contributed by atoms with Crippen LogP contribution in [-0.4, -0.2) is 61.5 Å². The smallest absolute Gasteiger partial charge is 0.407 e. The highest BCUT2D eigenvalue weighted by atomic mass is 19.1. The molecule has 1 aliphatic rings. The molecule has 1 fully saturated rings. The first-order chi connectivity index (χ1) is 21.4. The number of hydrogen-bond acceptors (Lipinski definition) is 10. The lowest BCUT2D eigenvalue weighted by Crippen LogP contribution is -2.33. The lowest BCUT2D eigenvalue weighted by Gasteiger charge is -2.19. The molecule has 2 amide bonds. The quantitative estimate of drug-likeness (QED) is 0.147. The normalized spacial score (nSPS) is 13.2. The van der Waals surface area contributed by atoms with Gasteiger partial charge >= 0.3 is 12.1 Å². The number of aromatic nitrogens is 5. The van der Waals surface area contributed by atoms with Gasteiger partial charge in [0.05, 0.1) is 16.8 Å². The van der Waals surface area contributed by atoms with Gasteiger partial charge in [0.25, 0.3) is 11.8 Å². The number of benzene rings is 1. The molecule has 240 valence electrons. The van der Waals surface area contributed by atoms with Gasteiger partial charge in [0.2, 0.25) is 0 Å². The fraction of sp³-hybridized carbons (Fsp3) is 0.467. The third-order valence-corrected chi connectivity index (χ3v) is 6.86. The Balaban J connectivity index is 1.30. The minimum Gasteiger partial charge on any atom is -0.444 e. The lowest BCUT2D eigenvalue weighted by atomic mass is 10.00. The van der Waals surface area contributed by atoms with E-state index >= 15 is 0 Å². The van der Waals surface area contributed by atoms with E-state index in [9.17, 15) is 18.4 Å². The van der Waals surface area contributed by atoms with Crippen LogP contribution in [0.1, 0.15) is 82.1 Å². The van der Waals surface area contributed by atoms with Crippen LogP contribution in [0.2, 0.25) is 0 Å². The third-order valence-electron chi connectivity index (χ3n) is 6.86. The van der Waals surface area contributed by atoms with Crippen molar-refractivity contribution >= 4 is 35.0 Å². The second-order valence-electron chi connectivity index (χ2n) is 12.2. The third kappa shape index (κ3) is 7.83. The molecule has 0 unspecified atom stereocenters. The molecule has 1 aliphatic carbocycles. The summed E-state index contributed by atoms with van der Waals surface area (Å²) < 4.78 is 42.1. The minimum absolute atomic E-state index is 0.0149. The zero-order valence-electron chi connectivity index (χ0n) is 25.8. The Hall–Kier alpha value is -4.82. The number of carbonyl (C=O) groups is 2. The summed E-state index contributed by atoms with van der Waals surface area (Å²) in [4.78, 5) is 28.6. The van der Waals surface area contributed by atoms with Gasteiger partial charge in [0.1, 0.15) is 29.1 Å².